The van der Waals surface area contributed by atoms with Gasteiger partial charge in [-0.1, -0.05) is 26.8 Å². The molecule has 2 fully saturated rings. The number of sulfonamides is 1. The number of benzene rings is 1. The lowest BCUT2D eigenvalue weighted by Gasteiger charge is -2.28. The van der Waals surface area contributed by atoms with Gasteiger partial charge in [0.15, 0.2) is 5.03 Å². The van der Waals surface area contributed by atoms with E-state index in [-0.39, 0.29) is 22.0 Å². The number of aryl methyl sites for hydroxylation is 1. The normalized spacial score (nSPS) is 18.0. The number of nitrogens with one attached hydrogen (secondary N) is 1. The van der Waals surface area contributed by atoms with Gasteiger partial charge in [-0.3, -0.25) is 4.79 Å². The molecule has 0 bridgehead atoms. The zero-order valence-electron chi connectivity index (χ0n) is 22.6. The van der Waals surface area contributed by atoms with Crippen LogP contribution in [0.2, 0.25) is 0 Å². The highest BCUT2D eigenvalue weighted by molar-refractivity contribution is 7.90. The molecule has 3 aromatic rings. The standard InChI is InChI=1S/C29H33FN4O4S/c1-18(2)17-38-23-13-21(12-22(30)14-23)25-9-8-24(27(32-25)34-16-19(3)15-29(34)10-11-29)28(35)33-39(36,37)26-7-5-6-20(4)31-26/h5-9,12-14,18-19H,10-11,15-17H2,1-4H3,(H,33,35). The predicted molar refractivity (Wildman–Crippen MR) is 147 cm³/mol. The van der Waals surface area contributed by atoms with Crippen molar-refractivity contribution in [1.82, 2.24) is 14.7 Å². The molecule has 8 nitrogen and oxygen atoms in total. The van der Waals surface area contributed by atoms with Gasteiger partial charge in [0.25, 0.3) is 15.9 Å². The van der Waals surface area contributed by atoms with Crippen molar-refractivity contribution >= 4 is 21.7 Å². The molecule has 2 aromatic heterocycles. The van der Waals surface area contributed by atoms with Crippen molar-refractivity contribution in [3.63, 3.8) is 0 Å². The van der Waals surface area contributed by atoms with Crippen molar-refractivity contribution in [3.05, 3.63) is 65.6 Å². The van der Waals surface area contributed by atoms with Crippen LogP contribution in [0.1, 0.15) is 56.1 Å². The number of ether oxygens (including phenoxy) is 1. The van der Waals surface area contributed by atoms with Gasteiger partial charge in [-0.2, -0.15) is 8.42 Å². The van der Waals surface area contributed by atoms with Crippen molar-refractivity contribution in [2.45, 2.75) is 57.5 Å². The second-order valence-electron chi connectivity index (χ2n) is 11.1. The molecule has 1 aliphatic heterocycles. The van der Waals surface area contributed by atoms with E-state index in [4.69, 9.17) is 9.72 Å². The molecule has 2 aliphatic rings. The lowest BCUT2D eigenvalue weighted by atomic mass is 10.1. The molecule has 1 aromatic carbocycles. The second-order valence-corrected chi connectivity index (χ2v) is 12.8. The van der Waals surface area contributed by atoms with E-state index in [0.29, 0.717) is 47.6 Å². The molecular formula is C29H33FN4O4S. The highest BCUT2D eigenvalue weighted by Crippen LogP contribution is 2.53. The Labute approximate surface area is 228 Å². The van der Waals surface area contributed by atoms with Crippen LogP contribution in [0.25, 0.3) is 11.3 Å². The smallest absolute Gasteiger partial charge is 0.281 e. The van der Waals surface area contributed by atoms with Crippen molar-refractivity contribution in [1.29, 1.82) is 0 Å². The number of amides is 1. The summed E-state index contributed by atoms with van der Waals surface area (Å²) in [5.74, 6) is 0.212. The summed E-state index contributed by atoms with van der Waals surface area (Å²) in [6, 6.07) is 12.2. The van der Waals surface area contributed by atoms with Gasteiger partial charge in [0, 0.05) is 29.4 Å². The number of carbonyl (C=O) groups is 1. The van der Waals surface area contributed by atoms with E-state index in [1.165, 1.54) is 18.2 Å². The lowest BCUT2D eigenvalue weighted by Crippen LogP contribution is -2.36. The highest BCUT2D eigenvalue weighted by Gasteiger charge is 2.54. The van der Waals surface area contributed by atoms with Gasteiger partial charge in [0.2, 0.25) is 0 Å². The molecule has 5 rings (SSSR count). The Balaban J connectivity index is 1.54. The molecule has 1 spiro atoms. The van der Waals surface area contributed by atoms with Gasteiger partial charge in [-0.05, 0) is 74.4 Å². The first-order valence-corrected chi connectivity index (χ1v) is 14.7. The van der Waals surface area contributed by atoms with Crippen LogP contribution in [-0.4, -0.2) is 43.0 Å². The zero-order valence-corrected chi connectivity index (χ0v) is 23.4. The number of aromatic nitrogens is 2. The third kappa shape index (κ3) is 5.75. The summed E-state index contributed by atoms with van der Waals surface area (Å²) in [5.41, 5.74) is 1.54. The Kier molecular flexibility index (Phi) is 7.09. The van der Waals surface area contributed by atoms with Crippen LogP contribution in [0.4, 0.5) is 10.2 Å². The predicted octanol–water partition coefficient (Wildman–Crippen LogP) is 5.12. The van der Waals surface area contributed by atoms with Crippen LogP contribution in [0.15, 0.2) is 53.6 Å². The largest absolute Gasteiger partial charge is 0.493 e. The van der Waals surface area contributed by atoms with E-state index < -0.39 is 21.7 Å². The minimum Gasteiger partial charge on any atom is -0.493 e. The molecule has 1 N–H and O–H groups in total. The Morgan fingerprint density at radius 3 is 2.64 bits per heavy atom. The maximum Gasteiger partial charge on any atom is 0.281 e. The molecule has 1 aliphatic carbocycles. The zero-order chi connectivity index (χ0) is 27.9. The van der Waals surface area contributed by atoms with Crippen molar-refractivity contribution < 1.29 is 22.3 Å². The summed E-state index contributed by atoms with van der Waals surface area (Å²) in [5, 5.41) is -0.232. The van der Waals surface area contributed by atoms with Crippen LogP contribution in [0, 0.1) is 24.6 Å². The summed E-state index contributed by atoms with van der Waals surface area (Å²) >= 11 is 0. The van der Waals surface area contributed by atoms with Gasteiger partial charge >= 0.3 is 0 Å². The van der Waals surface area contributed by atoms with E-state index in [1.54, 1.807) is 37.3 Å². The van der Waals surface area contributed by atoms with Crippen LogP contribution in [0.5, 0.6) is 5.75 Å². The van der Waals surface area contributed by atoms with Gasteiger partial charge < -0.3 is 9.64 Å². The first kappa shape index (κ1) is 27.1. The molecule has 206 valence electrons. The molecule has 1 atom stereocenters. The maximum atomic E-state index is 14.6. The average Bonchev–Trinajstić information content (AvgIpc) is 3.56. The van der Waals surface area contributed by atoms with Gasteiger partial charge in [-0.15, -0.1) is 0 Å². The number of carbonyl (C=O) groups excluding carboxylic acids is 1. The number of anilines is 1. The quantitative estimate of drug-likeness (QED) is 0.414. The number of pyridine rings is 2. The van der Waals surface area contributed by atoms with E-state index >= 15 is 0 Å². The number of rotatable bonds is 8. The SMILES string of the molecule is Cc1cccc(S(=O)(=O)NC(=O)c2ccc(-c3cc(F)cc(OCC(C)C)c3)nc2N2CC(C)CC23CC3)n1. The molecule has 3 heterocycles. The fraction of sp³-hybridized carbons (Fsp3) is 0.414. The Morgan fingerprint density at radius 2 is 1.95 bits per heavy atom. The molecule has 1 saturated carbocycles. The third-order valence-corrected chi connectivity index (χ3v) is 8.35. The Morgan fingerprint density at radius 1 is 1.18 bits per heavy atom. The van der Waals surface area contributed by atoms with E-state index in [0.717, 1.165) is 19.3 Å². The monoisotopic (exact) mass is 552 g/mol. The second kappa shape index (κ2) is 10.2. The molecule has 0 radical (unpaired) electrons. The van der Waals surface area contributed by atoms with Crippen LogP contribution < -0.4 is 14.4 Å². The minimum absolute atomic E-state index is 0.0927. The van der Waals surface area contributed by atoms with E-state index in [1.807, 2.05) is 13.8 Å². The van der Waals surface area contributed by atoms with Crippen molar-refractivity contribution in [3.8, 4) is 17.0 Å². The van der Waals surface area contributed by atoms with Crippen LogP contribution in [0.3, 0.4) is 0 Å². The maximum absolute atomic E-state index is 14.6. The molecule has 1 saturated heterocycles. The summed E-state index contributed by atoms with van der Waals surface area (Å²) in [7, 11) is -4.20. The summed E-state index contributed by atoms with van der Waals surface area (Å²) < 4.78 is 48.4. The van der Waals surface area contributed by atoms with Gasteiger partial charge in [-0.25, -0.2) is 19.1 Å². The van der Waals surface area contributed by atoms with Crippen molar-refractivity contribution in [2.75, 3.05) is 18.1 Å². The van der Waals surface area contributed by atoms with E-state index in [2.05, 4.69) is 21.5 Å². The summed E-state index contributed by atoms with van der Waals surface area (Å²) in [6.07, 6.45) is 2.92. The third-order valence-electron chi connectivity index (χ3n) is 7.11. The lowest BCUT2D eigenvalue weighted by molar-refractivity contribution is 0.0981. The van der Waals surface area contributed by atoms with Crippen LogP contribution in [-0.2, 0) is 10.0 Å². The van der Waals surface area contributed by atoms with E-state index in [9.17, 15) is 17.6 Å². The Bertz CT molecular complexity index is 1520. The average molecular weight is 553 g/mol. The number of nitrogens with zero attached hydrogens (tertiary/aromatic N) is 3. The Hall–Kier alpha value is -3.53. The first-order valence-electron chi connectivity index (χ1n) is 13.2. The number of halogens is 1. The van der Waals surface area contributed by atoms with Crippen LogP contribution >= 0.6 is 0 Å². The molecule has 1 amide bonds. The minimum atomic E-state index is -4.20. The topological polar surface area (TPSA) is 101 Å². The summed E-state index contributed by atoms with van der Waals surface area (Å²) in [4.78, 5) is 24.5. The number of hydrogen-bond acceptors (Lipinski definition) is 7. The van der Waals surface area contributed by atoms with Gasteiger partial charge in [0.05, 0.1) is 17.9 Å². The van der Waals surface area contributed by atoms with Gasteiger partial charge in [0.1, 0.15) is 17.4 Å². The fourth-order valence-corrected chi connectivity index (χ4v) is 6.18. The fourth-order valence-electron chi connectivity index (χ4n) is 5.20. The van der Waals surface area contributed by atoms with Crippen molar-refractivity contribution in [2.24, 2.45) is 11.8 Å². The molecule has 39 heavy (non-hydrogen) atoms. The molecule has 10 heteroatoms. The summed E-state index contributed by atoms with van der Waals surface area (Å²) in [6.45, 7) is 8.99. The number of hydrogen-bond donors (Lipinski definition) is 1. The molecule has 1 unspecified atom stereocenters. The first-order chi connectivity index (χ1) is 18.5. The molecular weight excluding hydrogens is 519 g/mol. The highest BCUT2D eigenvalue weighted by atomic mass is 32.2.